The molecule has 1 aromatic carbocycles. The van der Waals surface area contributed by atoms with Crippen LogP contribution < -0.4 is 0 Å². The molecule has 0 bridgehead atoms. The molecule has 1 nitrogen and oxygen atoms in total. The third-order valence-electron chi connectivity index (χ3n) is 3.10. The van der Waals surface area contributed by atoms with Crippen LogP contribution in [-0.4, -0.2) is 5.78 Å². The van der Waals surface area contributed by atoms with Crippen LogP contribution in [-0.2, 0) is 4.79 Å². The molecule has 0 aliphatic heterocycles. The average Bonchev–Trinajstić information content (AvgIpc) is 2.44. The van der Waals surface area contributed by atoms with Crippen LogP contribution in [0.3, 0.4) is 0 Å². The van der Waals surface area contributed by atoms with E-state index in [4.69, 9.17) is 0 Å². The molecule has 0 fully saturated rings. The minimum atomic E-state index is 0.0397. The van der Waals surface area contributed by atoms with Crippen molar-refractivity contribution < 1.29 is 4.79 Å². The van der Waals surface area contributed by atoms with Crippen molar-refractivity contribution in [1.29, 1.82) is 0 Å². The van der Waals surface area contributed by atoms with Gasteiger partial charge in [0.2, 0.25) is 0 Å². The van der Waals surface area contributed by atoms with Gasteiger partial charge in [-0.05, 0) is 24.0 Å². The van der Waals surface area contributed by atoms with E-state index in [2.05, 4.69) is 19.1 Å². The maximum atomic E-state index is 11.9. The Morgan fingerprint density at radius 2 is 1.95 bits per heavy atom. The highest BCUT2D eigenvalue weighted by Gasteiger charge is 2.08. The number of carbonyl (C=O) groups excluding carboxylic acids is 1. The van der Waals surface area contributed by atoms with Crippen LogP contribution in [0.5, 0.6) is 0 Å². The number of hydrogen-bond acceptors (Lipinski definition) is 2. The van der Waals surface area contributed by atoms with E-state index in [1.165, 1.54) is 24.2 Å². The van der Waals surface area contributed by atoms with Crippen LogP contribution >= 0.6 is 11.8 Å². The van der Waals surface area contributed by atoms with E-state index in [0.29, 0.717) is 5.78 Å². The van der Waals surface area contributed by atoms with Gasteiger partial charge in [0.25, 0.3) is 0 Å². The van der Waals surface area contributed by atoms with Crippen molar-refractivity contribution in [3.05, 3.63) is 41.8 Å². The number of rotatable bonds is 9. The lowest BCUT2D eigenvalue weighted by Crippen LogP contribution is -2.07. The van der Waals surface area contributed by atoms with Crippen molar-refractivity contribution in [2.75, 3.05) is 0 Å². The molecule has 0 aliphatic rings. The summed E-state index contributed by atoms with van der Waals surface area (Å²) in [7, 11) is 0. The van der Waals surface area contributed by atoms with Crippen LogP contribution in [0.15, 0.2) is 46.7 Å². The first-order valence-electron chi connectivity index (χ1n) is 7.15. The second-order valence-electron chi connectivity index (χ2n) is 4.83. The molecule has 0 radical (unpaired) electrons. The van der Waals surface area contributed by atoms with Gasteiger partial charge in [-0.1, -0.05) is 69.1 Å². The predicted molar refractivity (Wildman–Crippen MR) is 84.4 cm³/mol. The summed E-state index contributed by atoms with van der Waals surface area (Å²) in [5.74, 6) is 0.402. The Hall–Kier alpha value is -1.02. The minimum absolute atomic E-state index is 0.0397. The van der Waals surface area contributed by atoms with Crippen LogP contribution in [0.25, 0.3) is 0 Å². The van der Waals surface area contributed by atoms with Crippen LogP contribution in [0.4, 0.5) is 0 Å². The summed E-state index contributed by atoms with van der Waals surface area (Å²) >= 11 is 1.67. The monoisotopic (exact) mass is 276 g/mol. The van der Waals surface area contributed by atoms with Gasteiger partial charge in [-0.2, -0.15) is 0 Å². The van der Waals surface area contributed by atoms with Crippen LogP contribution in [0.2, 0.25) is 0 Å². The van der Waals surface area contributed by atoms with Gasteiger partial charge in [-0.15, -0.1) is 0 Å². The molecular weight excluding hydrogens is 252 g/mol. The number of Topliss-reactive ketones (excluding diaryl/α,β-unsaturated/α-hetero) is 1. The van der Waals surface area contributed by atoms with Crippen molar-refractivity contribution >= 4 is 17.5 Å². The summed E-state index contributed by atoms with van der Waals surface area (Å²) in [6.45, 7) is 4.18. The molecule has 0 N–H and O–H groups in total. The molecule has 0 saturated heterocycles. The lowest BCUT2D eigenvalue weighted by molar-refractivity contribution is -0.121. The number of benzene rings is 1. The number of carbonyl (C=O) groups is 1. The maximum absolute atomic E-state index is 11.9. The Bertz CT molecular complexity index is 384. The van der Waals surface area contributed by atoms with Crippen molar-refractivity contribution in [2.24, 2.45) is 5.92 Å². The summed E-state index contributed by atoms with van der Waals surface area (Å²) < 4.78 is 0. The first kappa shape index (κ1) is 16.0. The number of allylic oxidation sites excluding steroid dienone is 1. The van der Waals surface area contributed by atoms with E-state index in [1.54, 1.807) is 11.8 Å². The summed E-state index contributed by atoms with van der Waals surface area (Å²) in [5.41, 5.74) is 0. The molecule has 0 spiro atoms. The molecule has 1 unspecified atom stereocenters. The fraction of sp³-hybridized carbons (Fsp3) is 0.471. The Kier molecular flexibility index (Phi) is 8.31. The molecule has 104 valence electrons. The van der Waals surface area contributed by atoms with Gasteiger partial charge in [-0.3, -0.25) is 4.79 Å². The minimum Gasteiger partial charge on any atom is -0.299 e. The van der Waals surface area contributed by atoms with E-state index in [9.17, 15) is 4.79 Å². The Morgan fingerprint density at radius 1 is 1.21 bits per heavy atom. The SMILES string of the molecule is CCCCCCC(=O)C(C)/C=C/Sc1ccccc1. The van der Waals surface area contributed by atoms with E-state index in [-0.39, 0.29) is 5.92 Å². The summed E-state index contributed by atoms with van der Waals surface area (Å²) in [6, 6.07) is 10.2. The largest absolute Gasteiger partial charge is 0.299 e. The lowest BCUT2D eigenvalue weighted by atomic mass is 10.0. The number of unbranched alkanes of at least 4 members (excludes halogenated alkanes) is 3. The molecule has 0 heterocycles. The highest BCUT2D eigenvalue weighted by Crippen LogP contribution is 2.19. The summed E-state index contributed by atoms with van der Waals surface area (Å²) in [4.78, 5) is 13.1. The third-order valence-corrected chi connectivity index (χ3v) is 3.94. The van der Waals surface area contributed by atoms with Gasteiger partial charge in [0.1, 0.15) is 5.78 Å². The summed E-state index contributed by atoms with van der Waals surface area (Å²) in [6.07, 6.45) is 7.41. The van der Waals surface area contributed by atoms with Gasteiger partial charge < -0.3 is 0 Å². The highest BCUT2D eigenvalue weighted by molar-refractivity contribution is 8.02. The summed E-state index contributed by atoms with van der Waals surface area (Å²) in [5, 5.41) is 2.03. The predicted octanol–water partition coefficient (Wildman–Crippen LogP) is 5.47. The van der Waals surface area contributed by atoms with Gasteiger partial charge in [0.05, 0.1) is 0 Å². The quantitative estimate of drug-likeness (QED) is 0.439. The normalized spacial score (nSPS) is 12.7. The number of hydrogen-bond donors (Lipinski definition) is 0. The Labute approximate surface area is 121 Å². The zero-order valence-corrected chi connectivity index (χ0v) is 12.8. The molecule has 0 aromatic heterocycles. The topological polar surface area (TPSA) is 17.1 Å². The van der Waals surface area contributed by atoms with Crippen molar-refractivity contribution in [1.82, 2.24) is 0 Å². The molecule has 19 heavy (non-hydrogen) atoms. The zero-order chi connectivity index (χ0) is 13.9. The Balaban J connectivity index is 2.25. The van der Waals surface area contributed by atoms with E-state index in [0.717, 1.165) is 12.8 Å². The molecular formula is C17H24OS. The third kappa shape index (κ3) is 7.22. The molecule has 1 rings (SSSR count). The standard InChI is InChI=1S/C17H24OS/c1-3-4-5-9-12-17(18)15(2)13-14-19-16-10-7-6-8-11-16/h6-8,10-11,13-15H,3-5,9,12H2,1-2H3/b14-13+. The van der Waals surface area contributed by atoms with E-state index < -0.39 is 0 Å². The highest BCUT2D eigenvalue weighted by atomic mass is 32.2. The first-order valence-corrected chi connectivity index (χ1v) is 8.03. The van der Waals surface area contributed by atoms with Gasteiger partial charge in [-0.25, -0.2) is 0 Å². The fourth-order valence-electron chi connectivity index (χ4n) is 1.80. The van der Waals surface area contributed by atoms with Gasteiger partial charge in [0.15, 0.2) is 0 Å². The fourth-order valence-corrected chi connectivity index (χ4v) is 2.58. The molecule has 0 aliphatic carbocycles. The molecule has 0 saturated carbocycles. The lowest BCUT2D eigenvalue weighted by Gasteiger charge is -2.05. The average molecular weight is 276 g/mol. The van der Waals surface area contributed by atoms with Crippen molar-refractivity contribution in [2.45, 2.75) is 50.8 Å². The van der Waals surface area contributed by atoms with E-state index in [1.807, 2.05) is 36.6 Å². The molecule has 2 heteroatoms. The van der Waals surface area contributed by atoms with Crippen molar-refractivity contribution in [3.8, 4) is 0 Å². The number of thioether (sulfide) groups is 1. The number of ketones is 1. The molecule has 1 aromatic rings. The van der Waals surface area contributed by atoms with Gasteiger partial charge >= 0.3 is 0 Å². The second-order valence-corrected chi connectivity index (χ2v) is 5.80. The zero-order valence-electron chi connectivity index (χ0n) is 12.0. The van der Waals surface area contributed by atoms with E-state index >= 15 is 0 Å². The molecule has 0 amide bonds. The van der Waals surface area contributed by atoms with Crippen LogP contribution in [0, 0.1) is 5.92 Å². The maximum Gasteiger partial charge on any atom is 0.139 e. The second kappa shape index (κ2) is 9.85. The first-order chi connectivity index (χ1) is 9.24. The Morgan fingerprint density at radius 3 is 2.63 bits per heavy atom. The molecule has 1 atom stereocenters. The van der Waals surface area contributed by atoms with Crippen molar-refractivity contribution in [3.63, 3.8) is 0 Å². The van der Waals surface area contributed by atoms with Crippen LogP contribution in [0.1, 0.15) is 46.0 Å². The smallest absolute Gasteiger partial charge is 0.139 e. The van der Waals surface area contributed by atoms with Gasteiger partial charge in [0, 0.05) is 17.2 Å².